The molecule has 0 aliphatic carbocycles. The summed E-state index contributed by atoms with van der Waals surface area (Å²) >= 11 is 7.72. The van der Waals surface area contributed by atoms with E-state index in [1.54, 1.807) is 23.9 Å². The van der Waals surface area contributed by atoms with Gasteiger partial charge in [-0.05, 0) is 25.4 Å². The van der Waals surface area contributed by atoms with Crippen molar-refractivity contribution in [2.45, 2.75) is 6.54 Å². The molecule has 0 saturated heterocycles. The topological polar surface area (TPSA) is 3.24 Å². The second-order valence-electron chi connectivity index (χ2n) is 3.43. The Morgan fingerprint density at radius 3 is 2.80 bits per heavy atom. The van der Waals surface area contributed by atoms with Crippen LogP contribution in [0, 0.1) is 5.82 Å². The minimum atomic E-state index is -0.224. The van der Waals surface area contributed by atoms with E-state index in [4.69, 9.17) is 11.6 Å². The van der Waals surface area contributed by atoms with Crippen molar-refractivity contribution in [3.05, 3.63) is 34.6 Å². The minimum absolute atomic E-state index is 0.224. The van der Waals surface area contributed by atoms with Crippen LogP contribution in [0.4, 0.5) is 4.39 Å². The van der Waals surface area contributed by atoms with E-state index in [0.717, 1.165) is 12.3 Å². The van der Waals surface area contributed by atoms with E-state index in [1.165, 1.54) is 6.07 Å². The van der Waals surface area contributed by atoms with Crippen LogP contribution >= 0.6 is 23.4 Å². The molecule has 0 atom stereocenters. The molecule has 0 fully saturated rings. The summed E-state index contributed by atoms with van der Waals surface area (Å²) < 4.78 is 13.4. The molecule has 0 aliphatic heterocycles. The van der Waals surface area contributed by atoms with Crippen LogP contribution in [0.5, 0.6) is 0 Å². The zero-order chi connectivity index (χ0) is 11.3. The van der Waals surface area contributed by atoms with Crippen molar-refractivity contribution < 1.29 is 4.39 Å². The van der Waals surface area contributed by atoms with Crippen LogP contribution in [0.25, 0.3) is 0 Å². The number of thioether (sulfide) groups is 1. The average molecular weight is 248 g/mol. The third kappa shape index (κ3) is 4.01. The first-order valence-electron chi connectivity index (χ1n) is 4.75. The molecule has 0 radical (unpaired) electrons. The van der Waals surface area contributed by atoms with Gasteiger partial charge in [0.15, 0.2) is 0 Å². The van der Waals surface area contributed by atoms with Gasteiger partial charge in [-0.2, -0.15) is 11.8 Å². The number of rotatable bonds is 5. The summed E-state index contributed by atoms with van der Waals surface area (Å²) in [5.74, 6) is 0.821. The first-order chi connectivity index (χ1) is 7.15. The summed E-state index contributed by atoms with van der Waals surface area (Å²) in [5.41, 5.74) is 0.586. The SMILES string of the molecule is CSCCN(C)Cc1c(F)cccc1Cl. The van der Waals surface area contributed by atoms with Crippen LogP contribution in [-0.2, 0) is 6.54 Å². The molecule has 0 aliphatic rings. The van der Waals surface area contributed by atoms with Crippen LogP contribution in [0.15, 0.2) is 18.2 Å². The molecule has 0 N–H and O–H groups in total. The minimum Gasteiger partial charge on any atom is -0.301 e. The molecule has 0 aromatic heterocycles. The summed E-state index contributed by atoms with van der Waals surface area (Å²) in [4.78, 5) is 2.07. The zero-order valence-corrected chi connectivity index (χ0v) is 10.5. The Balaban J connectivity index is 2.63. The van der Waals surface area contributed by atoms with Crippen molar-refractivity contribution in [2.75, 3.05) is 25.6 Å². The van der Waals surface area contributed by atoms with Gasteiger partial charge in [0.25, 0.3) is 0 Å². The molecule has 1 aromatic rings. The maximum absolute atomic E-state index is 13.4. The van der Waals surface area contributed by atoms with E-state index in [9.17, 15) is 4.39 Å². The van der Waals surface area contributed by atoms with E-state index >= 15 is 0 Å². The first-order valence-corrected chi connectivity index (χ1v) is 6.52. The lowest BCUT2D eigenvalue weighted by atomic mass is 10.2. The smallest absolute Gasteiger partial charge is 0.129 e. The normalized spacial score (nSPS) is 11.0. The van der Waals surface area contributed by atoms with Gasteiger partial charge >= 0.3 is 0 Å². The van der Waals surface area contributed by atoms with Gasteiger partial charge in [0.2, 0.25) is 0 Å². The van der Waals surface area contributed by atoms with Crippen molar-refractivity contribution in [3.8, 4) is 0 Å². The molecule has 0 unspecified atom stereocenters. The first kappa shape index (κ1) is 12.8. The van der Waals surface area contributed by atoms with E-state index in [0.29, 0.717) is 17.1 Å². The molecule has 1 aromatic carbocycles. The second-order valence-corrected chi connectivity index (χ2v) is 4.82. The molecule has 15 heavy (non-hydrogen) atoms. The molecule has 1 nitrogen and oxygen atoms in total. The Morgan fingerprint density at radius 2 is 2.20 bits per heavy atom. The average Bonchev–Trinajstić information content (AvgIpc) is 2.21. The molecule has 0 spiro atoms. The fourth-order valence-corrected chi connectivity index (χ4v) is 2.00. The van der Waals surface area contributed by atoms with E-state index in [-0.39, 0.29) is 5.82 Å². The third-order valence-electron chi connectivity index (χ3n) is 2.17. The molecular formula is C11H15ClFNS. The Morgan fingerprint density at radius 1 is 1.47 bits per heavy atom. The Hall–Kier alpha value is -0.250. The van der Waals surface area contributed by atoms with Crippen LogP contribution in [0.1, 0.15) is 5.56 Å². The van der Waals surface area contributed by atoms with Crippen LogP contribution < -0.4 is 0 Å². The predicted molar refractivity (Wildman–Crippen MR) is 66.1 cm³/mol. The van der Waals surface area contributed by atoms with Gasteiger partial charge in [-0.15, -0.1) is 0 Å². The van der Waals surface area contributed by atoms with Crippen molar-refractivity contribution in [3.63, 3.8) is 0 Å². The Bertz CT molecular complexity index is 299. The lowest BCUT2D eigenvalue weighted by Crippen LogP contribution is -2.21. The van der Waals surface area contributed by atoms with Crippen molar-refractivity contribution in [1.29, 1.82) is 0 Å². The highest BCUT2D eigenvalue weighted by Crippen LogP contribution is 2.20. The maximum Gasteiger partial charge on any atom is 0.129 e. The van der Waals surface area contributed by atoms with Gasteiger partial charge in [-0.1, -0.05) is 17.7 Å². The molecule has 0 saturated carbocycles. The highest BCUT2D eigenvalue weighted by atomic mass is 35.5. The number of nitrogens with zero attached hydrogens (tertiary/aromatic N) is 1. The molecular weight excluding hydrogens is 233 g/mol. The lowest BCUT2D eigenvalue weighted by Gasteiger charge is -2.17. The fraction of sp³-hybridized carbons (Fsp3) is 0.455. The molecule has 1 rings (SSSR count). The van der Waals surface area contributed by atoms with Gasteiger partial charge in [-0.25, -0.2) is 4.39 Å². The van der Waals surface area contributed by atoms with E-state index < -0.39 is 0 Å². The van der Waals surface area contributed by atoms with Crippen LogP contribution in [-0.4, -0.2) is 30.5 Å². The largest absolute Gasteiger partial charge is 0.301 e. The number of benzene rings is 1. The predicted octanol–water partition coefficient (Wildman–Crippen LogP) is 3.27. The maximum atomic E-state index is 13.4. The molecule has 4 heteroatoms. The Kier molecular flexibility index (Phi) is 5.43. The summed E-state index contributed by atoms with van der Waals surface area (Å²) in [6.45, 7) is 1.50. The van der Waals surface area contributed by atoms with Gasteiger partial charge in [0.1, 0.15) is 5.82 Å². The summed E-state index contributed by atoms with van der Waals surface area (Å²) in [7, 11) is 1.97. The summed E-state index contributed by atoms with van der Waals surface area (Å²) in [5, 5.41) is 0.506. The van der Waals surface area contributed by atoms with Gasteiger partial charge in [0, 0.05) is 29.4 Å². The summed E-state index contributed by atoms with van der Waals surface area (Å²) in [6.07, 6.45) is 2.06. The van der Waals surface area contributed by atoms with E-state index in [2.05, 4.69) is 11.2 Å². The number of halogens is 2. The fourth-order valence-electron chi connectivity index (χ4n) is 1.28. The van der Waals surface area contributed by atoms with Gasteiger partial charge in [-0.3, -0.25) is 0 Å². The molecule has 0 heterocycles. The van der Waals surface area contributed by atoms with Crippen LogP contribution in [0.3, 0.4) is 0 Å². The second kappa shape index (κ2) is 6.36. The number of hydrogen-bond donors (Lipinski definition) is 0. The molecule has 0 bridgehead atoms. The standard InChI is InChI=1S/C11H15ClFNS/c1-14(6-7-15-2)8-9-10(12)4-3-5-11(9)13/h3-5H,6-8H2,1-2H3. The lowest BCUT2D eigenvalue weighted by molar-refractivity contribution is 0.342. The quantitative estimate of drug-likeness (QED) is 0.786. The molecule has 84 valence electrons. The highest BCUT2D eigenvalue weighted by molar-refractivity contribution is 7.98. The van der Waals surface area contributed by atoms with Crippen molar-refractivity contribution in [1.82, 2.24) is 4.90 Å². The monoisotopic (exact) mass is 247 g/mol. The van der Waals surface area contributed by atoms with Crippen molar-refractivity contribution >= 4 is 23.4 Å². The van der Waals surface area contributed by atoms with Crippen LogP contribution in [0.2, 0.25) is 5.02 Å². The number of hydrogen-bond acceptors (Lipinski definition) is 2. The summed E-state index contributed by atoms with van der Waals surface area (Å²) in [6, 6.07) is 4.80. The molecule has 0 amide bonds. The van der Waals surface area contributed by atoms with E-state index in [1.807, 2.05) is 7.05 Å². The van der Waals surface area contributed by atoms with Gasteiger partial charge < -0.3 is 4.90 Å². The highest BCUT2D eigenvalue weighted by Gasteiger charge is 2.08. The Labute approximate surface area is 99.6 Å². The zero-order valence-electron chi connectivity index (χ0n) is 8.96. The van der Waals surface area contributed by atoms with Gasteiger partial charge in [0.05, 0.1) is 0 Å². The van der Waals surface area contributed by atoms with Crippen molar-refractivity contribution in [2.24, 2.45) is 0 Å². The third-order valence-corrected chi connectivity index (χ3v) is 3.11.